The number of carbonyl (C=O) groups excluding carboxylic acids is 6. The third kappa shape index (κ3) is 61.5. The Hall–Kier alpha value is -2.78. The highest BCUT2D eigenvalue weighted by atomic mass is 16.2. The van der Waals surface area contributed by atoms with Crippen LogP contribution in [0.2, 0.25) is 0 Å². The molecule has 0 saturated heterocycles. The van der Waals surface area contributed by atoms with E-state index < -0.39 is 0 Å². The summed E-state index contributed by atoms with van der Waals surface area (Å²) in [5.41, 5.74) is 0. The summed E-state index contributed by atoms with van der Waals surface area (Å²) in [5, 5.41) is 12.2. The molecule has 0 heterocycles. The van der Waals surface area contributed by atoms with E-state index in [-0.39, 0.29) is 82.8 Å². The van der Waals surface area contributed by atoms with Crippen LogP contribution in [0.1, 0.15) is 643 Å². The highest BCUT2D eigenvalue weighted by molar-refractivity contribution is 5.91. The van der Waals surface area contributed by atoms with Gasteiger partial charge in [0.2, 0.25) is 23.6 Å². The SMILES string of the molecule is CCCCCCCCCCCCCCCCCCCCCCCCCCCCCCCCCCCCCCCCCCCCCCCC(=O)NCCNC(=O)C1CCC2C(C1)C(=O)C1CC3C(CC12)C(=O)C1CC(C(=O)NCCNC(=O)CCCCCCCCCCCCCCCCCCCCCCCCCCCCCCCCCCCCCCCCCCCCC)CCC13. The van der Waals surface area contributed by atoms with E-state index >= 15 is 0 Å². The first kappa shape index (κ1) is 118. The Morgan fingerprint density at radius 3 is 0.500 bits per heavy atom. The highest BCUT2D eigenvalue weighted by Gasteiger charge is 2.62. The maximum atomic E-state index is 14.3. The molecule has 0 aromatic carbocycles. The molecule has 0 aromatic rings. The molecule has 760 valence electrons. The van der Waals surface area contributed by atoms with Gasteiger partial charge in [-0.25, -0.2) is 0 Å². The first-order valence-corrected chi connectivity index (χ1v) is 60.4. The van der Waals surface area contributed by atoms with Crippen LogP contribution < -0.4 is 21.3 Å². The van der Waals surface area contributed by atoms with Crippen LogP contribution >= 0.6 is 0 Å². The van der Waals surface area contributed by atoms with E-state index in [1.54, 1.807) is 0 Å². The van der Waals surface area contributed by atoms with Gasteiger partial charge in [-0.15, -0.1) is 0 Å². The van der Waals surface area contributed by atoms with Gasteiger partial charge in [0, 0.05) is 74.5 Å². The van der Waals surface area contributed by atoms with Crippen LogP contribution in [0, 0.1) is 59.2 Å². The molecular weight excluding hydrogens is 1590 g/mol. The molecule has 4 N–H and O–H groups in total. The van der Waals surface area contributed by atoms with E-state index in [1.807, 2.05) is 0 Å². The number of nitrogens with one attached hydrogen (secondary N) is 4. The molecule has 130 heavy (non-hydrogen) atoms. The fraction of sp³-hybridized carbons (Fsp3) is 0.950. The van der Waals surface area contributed by atoms with Gasteiger partial charge in [0.15, 0.2) is 0 Å². The lowest BCUT2D eigenvalue weighted by Gasteiger charge is -2.39. The van der Waals surface area contributed by atoms with Crippen molar-refractivity contribution in [3.63, 3.8) is 0 Å². The van der Waals surface area contributed by atoms with Gasteiger partial charge in [-0.2, -0.15) is 0 Å². The zero-order chi connectivity index (χ0) is 92.2. The number of rotatable bonds is 98. The summed E-state index contributed by atoms with van der Waals surface area (Å²) in [6.45, 7) is 6.28. The number of carbonyl (C=O) groups is 6. The van der Waals surface area contributed by atoms with E-state index in [1.165, 1.54) is 539 Å². The fourth-order valence-electron chi connectivity index (χ4n) is 24.8. The van der Waals surface area contributed by atoms with Crippen molar-refractivity contribution in [3.05, 3.63) is 0 Å². The van der Waals surface area contributed by atoms with Crippen molar-refractivity contribution >= 4 is 35.2 Å². The number of hydrogen-bond donors (Lipinski definition) is 4. The van der Waals surface area contributed by atoms with Gasteiger partial charge in [0.1, 0.15) is 11.6 Å². The second-order valence-electron chi connectivity index (χ2n) is 44.6. The largest absolute Gasteiger partial charge is 0.354 e. The van der Waals surface area contributed by atoms with Crippen molar-refractivity contribution in [2.45, 2.75) is 643 Å². The van der Waals surface area contributed by atoms with E-state index in [9.17, 15) is 28.8 Å². The first-order chi connectivity index (χ1) is 64.2. The summed E-state index contributed by atoms with van der Waals surface area (Å²) in [7, 11) is 0. The molecule has 10 unspecified atom stereocenters. The van der Waals surface area contributed by atoms with Crippen molar-refractivity contribution in [1.82, 2.24) is 21.3 Å². The van der Waals surface area contributed by atoms with Crippen molar-refractivity contribution in [2.24, 2.45) is 59.2 Å². The average molecular weight is 1820 g/mol. The fourth-order valence-corrected chi connectivity index (χ4v) is 24.8. The Labute approximate surface area is 808 Å². The molecule has 0 spiro atoms. The molecule has 10 atom stereocenters. The average Bonchev–Trinajstić information content (AvgIpc) is 1.57. The minimum Gasteiger partial charge on any atom is -0.354 e. The zero-order valence-electron chi connectivity index (χ0n) is 87.3. The number of ketones is 2. The van der Waals surface area contributed by atoms with Gasteiger partial charge in [0.05, 0.1) is 0 Å². The maximum absolute atomic E-state index is 14.3. The number of fused-ring (bicyclic) bond motifs is 6. The second kappa shape index (κ2) is 86.5. The van der Waals surface area contributed by atoms with Crippen molar-refractivity contribution in [1.29, 1.82) is 0 Å². The smallest absolute Gasteiger partial charge is 0.223 e. The summed E-state index contributed by atoms with van der Waals surface area (Å²) >= 11 is 0. The third-order valence-corrected chi connectivity index (χ3v) is 33.2. The van der Waals surface area contributed by atoms with Crippen molar-refractivity contribution in [2.75, 3.05) is 26.2 Å². The minimum atomic E-state index is -0.187. The van der Waals surface area contributed by atoms with Crippen LogP contribution in [-0.2, 0) is 28.8 Å². The normalized spacial score (nSPS) is 20.0. The summed E-state index contributed by atoms with van der Waals surface area (Å²) in [6.07, 6.45) is 132. The molecule has 0 bridgehead atoms. The first-order valence-electron chi connectivity index (χ1n) is 60.4. The van der Waals surface area contributed by atoms with Crippen molar-refractivity contribution in [3.8, 4) is 0 Å². The van der Waals surface area contributed by atoms with Gasteiger partial charge >= 0.3 is 0 Å². The summed E-state index contributed by atoms with van der Waals surface area (Å²) in [6, 6.07) is 0. The molecule has 5 aliphatic rings. The van der Waals surface area contributed by atoms with Gasteiger partial charge in [-0.05, 0) is 87.9 Å². The minimum absolute atomic E-state index is 0.00593. The van der Waals surface area contributed by atoms with E-state index in [0.717, 1.165) is 64.2 Å². The standard InChI is InChI=1S/C120H224N4O6/c1-3-5-7-9-11-13-15-17-19-21-23-25-27-29-31-33-35-37-39-41-43-45-47-48-50-52-54-56-58-60-62-64-66-68-70-72-74-76-78-80-82-84-86-88-90-92-116(126)122-98-100-124-120(130)106-94-96-108-110-104-113-109(103-114(110)118(128)112(108)102-106)107-95-93-105(101-111(107)117(113)127)119(129)123-99-97-121-115(125)91-89-87-85-83-81-79-77-75-73-71-69-67-65-63-61-59-57-55-53-51-49-46-44-42-40-38-36-34-32-30-28-26-24-22-20-18-16-14-12-10-8-6-4-2/h105-114H,3-104H2,1-2H3,(H,121,125)(H,122,126)(H,123,129)(H,124,130). The van der Waals surface area contributed by atoms with Gasteiger partial charge in [-0.3, -0.25) is 28.8 Å². The Morgan fingerprint density at radius 2 is 0.331 bits per heavy atom. The highest BCUT2D eigenvalue weighted by Crippen LogP contribution is 2.62. The van der Waals surface area contributed by atoms with Gasteiger partial charge in [-0.1, -0.05) is 566 Å². The van der Waals surface area contributed by atoms with Crippen molar-refractivity contribution < 1.29 is 28.8 Å². The molecular formula is C120H224N4O6. The molecule has 5 aliphatic carbocycles. The summed E-state index contributed by atoms with van der Waals surface area (Å²) < 4.78 is 0. The predicted molar refractivity (Wildman–Crippen MR) is 561 cm³/mol. The molecule has 4 amide bonds. The molecule has 0 aromatic heterocycles. The topological polar surface area (TPSA) is 151 Å². The molecule has 0 radical (unpaired) electrons. The predicted octanol–water partition coefficient (Wildman–Crippen LogP) is 36.1. The Bertz CT molecular complexity index is 2510. The second-order valence-corrected chi connectivity index (χ2v) is 44.6. The summed E-state index contributed by atoms with van der Waals surface area (Å²) in [5.74, 6) is 1.16. The molecule has 0 aliphatic heterocycles. The molecule has 5 saturated carbocycles. The Kier molecular flexibility index (Phi) is 78.4. The van der Waals surface area contributed by atoms with Crippen LogP contribution in [0.5, 0.6) is 0 Å². The van der Waals surface area contributed by atoms with E-state index in [2.05, 4.69) is 35.1 Å². The third-order valence-electron chi connectivity index (χ3n) is 33.2. The van der Waals surface area contributed by atoms with E-state index in [0.29, 0.717) is 63.4 Å². The lowest BCUT2D eigenvalue weighted by Crippen LogP contribution is -2.40. The molecule has 10 heteroatoms. The molecule has 5 rings (SSSR count). The van der Waals surface area contributed by atoms with Crippen LogP contribution in [0.25, 0.3) is 0 Å². The lowest BCUT2D eigenvalue weighted by molar-refractivity contribution is -0.131. The van der Waals surface area contributed by atoms with Gasteiger partial charge in [0.25, 0.3) is 0 Å². The molecule has 5 fully saturated rings. The lowest BCUT2D eigenvalue weighted by atomic mass is 9.64. The maximum Gasteiger partial charge on any atom is 0.223 e. The number of amides is 4. The Morgan fingerprint density at radius 1 is 0.185 bits per heavy atom. The molecule has 10 nitrogen and oxygen atoms in total. The van der Waals surface area contributed by atoms with Crippen LogP contribution in [0.4, 0.5) is 0 Å². The monoisotopic (exact) mass is 1820 g/mol. The summed E-state index contributed by atoms with van der Waals surface area (Å²) in [4.78, 5) is 80.9. The number of hydrogen-bond acceptors (Lipinski definition) is 6. The zero-order valence-corrected chi connectivity index (χ0v) is 87.3. The number of Topliss-reactive ketones (excluding diaryl/α,β-unsaturated/α-hetero) is 2. The number of unbranched alkanes of at least 4 members (excludes halogenated alkanes) is 86. The van der Waals surface area contributed by atoms with Crippen LogP contribution in [0.3, 0.4) is 0 Å². The van der Waals surface area contributed by atoms with Crippen LogP contribution in [0.15, 0.2) is 0 Å². The Balaban J connectivity index is 0.690. The quantitative estimate of drug-likeness (QED) is 0.0445. The van der Waals surface area contributed by atoms with E-state index in [4.69, 9.17) is 0 Å². The van der Waals surface area contributed by atoms with Gasteiger partial charge < -0.3 is 21.3 Å². The van der Waals surface area contributed by atoms with Crippen LogP contribution in [-0.4, -0.2) is 61.4 Å².